The minimum Gasteiger partial charge on any atom is -0.339 e. The lowest BCUT2D eigenvalue weighted by molar-refractivity contribution is -0.132. The van der Waals surface area contributed by atoms with Gasteiger partial charge in [0.15, 0.2) is 0 Å². The molecule has 2 aromatic rings. The van der Waals surface area contributed by atoms with Crippen LogP contribution in [0.1, 0.15) is 112 Å². The first-order valence-electron chi connectivity index (χ1n) is 14.8. The van der Waals surface area contributed by atoms with E-state index in [1.165, 1.54) is 17.8 Å². The van der Waals surface area contributed by atoms with Gasteiger partial charge in [0.05, 0.1) is 22.7 Å². The van der Waals surface area contributed by atoms with Gasteiger partial charge in [-0.2, -0.15) is 0 Å². The summed E-state index contributed by atoms with van der Waals surface area (Å²) in [6, 6.07) is 14.3. The number of amides is 1. The van der Waals surface area contributed by atoms with Crippen LogP contribution >= 0.6 is 30.8 Å². The summed E-state index contributed by atoms with van der Waals surface area (Å²) in [4.78, 5) is 36.2. The predicted octanol–water partition coefficient (Wildman–Crippen LogP) is 9.11. The molecule has 226 valence electrons. The van der Waals surface area contributed by atoms with Crippen molar-refractivity contribution in [2.24, 2.45) is 0 Å². The van der Waals surface area contributed by atoms with E-state index in [0.717, 1.165) is 69.8 Å². The Bertz CT molecular complexity index is 1200. The Morgan fingerprint density at radius 2 is 1.49 bits per heavy atom. The predicted molar refractivity (Wildman–Crippen MR) is 167 cm³/mol. The number of halogens is 2. The van der Waals surface area contributed by atoms with Crippen molar-refractivity contribution in [1.29, 1.82) is 0 Å². The molecule has 0 aliphatic heterocycles. The van der Waals surface area contributed by atoms with Gasteiger partial charge < -0.3 is 14.3 Å². The highest BCUT2D eigenvalue weighted by Gasteiger charge is 2.32. The van der Waals surface area contributed by atoms with Gasteiger partial charge in [-0.25, -0.2) is 0 Å². The van der Waals surface area contributed by atoms with E-state index in [1.54, 1.807) is 0 Å². The largest absolute Gasteiger partial charge is 0.339 e. The zero-order valence-electron chi connectivity index (χ0n) is 24.3. The van der Waals surface area contributed by atoms with Crippen molar-refractivity contribution < 1.29 is 23.6 Å². The molecule has 0 saturated carbocycles. The lowest BCUT2D eigenvalue weighted by Crippen LogP contribution is -2.34. The molecule has 1 N–H and O–H groups in total. The van der Waals surface area contributed by atoms with E-state index in [1.807, 2.05) is 36.2 Å². The van der Waals surface area contributed by atoms with Gasteiger partial charge in [-0.1, -0.05) is 79.2 Å². The summed E-state index contributed by atoms with van der Waals surface area (Å²) in [6.07, 6.45) is 10.5. The molecule has 6 nitrogen and oxygen atoms in total. The monoisotopic (exact) mass is 623 g/mol. The maximum atomic E-state index is 13.1. The highest BCUT2D eigenvalue weighted by Crippen LogP contribution is 2.44. The molecule has 3 atom stereocenters. The number of carbonyl (C=O) groups is 2. The second kappa shape index (κ2) is 16.8. The fourth-order valence-corrected chi connectivity index (χ4v) is 6.46. The second-order valence-corrected chi connectivity index (χ2v) is 13.9. The molecule has 0 heterocycles. The zero-order valence-corrected chi connectivity index (χ0v) is 26.7. The fourth-order valence-electron chi connectivity index (χ4n) is 5.68. The summed E-state index contributed by atoms with van der Waals surface area (Å²) in [5, 5.41) is 1.12. The van der Waals surface area contributed by atoms with Crippen molar-refractivity contribution >= 4 is 42.5 Å². The van der Waals surface area contributed by atoms with E-state index >= 15 is 0 Å². The van der Waals surface area contributed by atoms with Crippen molar-refractivity contribution in [3.63, 3.8) is 0 Å². The van der Waals surface area contributed by atoms with Crippen LogP contribution in [-0.2, 0) is 18.7 Å². The molecule has 1 amide bonds. The first kappa shape index (κ1) is 33.8. The van der Waals surface area contributed by atoms with Crippen LogP contribution in [0.3, 0.4) is 0 Å². The molecule has 1 unspecified atom stereocenters. The maximum Gasteiger partial charge on any atom is 0.325 e. The number of Topliss-reactive ketones (excluding diaryl/α,β-unsaturated/α-hetero) is 1. The van der Waals surface area contributed by atoms with E-state index in [-0.39, 0.29) is 24.5 Å². The molecule has 0 bridgehead atoms. The highest BCUT2D eigenvalue weighted by atomic mass is 35.5. The average molecular weight is 625 g/mol. The minimum absolute atomic E-state index is 0.0610. The number of ketones is 1. The van der Waals surface area contributed by atoms with E-state index in [2.05, 4.69) is 18.2 Å². The summed E-state index contributed by atoms with van der Waals surface area (Å²) < 4.78 is 15.9. The van der Waals surface area contributed by atoms with Crippen LogP contribution in [0.2, 0.25) is 10.0 Å². The van der Waals surface area contributed by atoms with Gasteiger partial charge in [0.25, 0.3) is 0 Å². The Kier molecular flexibility index (Phi) is 13.9. The number of rotatable bonds is 17. The van der Waals surface area contributed by atoms with E-state index in [0.29, 0.717) is 35.1 Å². The standard InChI is InChI=1S/C32H44Cl2NO5P/c1-35(31-21-19-26(27-15-10-11-16-28(27)31)24-18-20-29(33)30(34)23-24)32(37)17-9-4-3-7-13-25(36)14-8-5-6-12-22-40-41(2,38)39/h10-11,15-16,18,20,23,26,31H,3-9,12-14,17,19,21-22H2,1-2H3,(H,38,39)/t26-,31-/m0/s1. The van der Waals surface area contributed by atoms with Crippen LogP contribution in [0.4, 0.5) is 0 Å². The Balaban J connectivity index is 1.34. The molecule has 9 heteroatoms. The van der Waals surface area contributed by atoms with Crippen LogP contribution < -0.4 is 0 Å². The number of hydrogen-bond acceptors (Lipinski definition) is 4. The molecule has 1 aliphatic carbocycles. The van der Waals surface area contributed by atoms with Crippen molar-refractivity contribution in [3.8, 4) is 0 Å². The Morgan fingerprint density at radius 3 is 2.12 bits per heavy atom. The number of carbonyl (C=O) groups excluding carboxylic acids is 2. The molecular weight excluding hydrogens is 580 g/mol. The molecule has 2 aromatic carbocycles. The third-order valence-electron chi connectivity index (χ3n) is 7.94. The summed E-state index contributed by atoms with van der Waals surface area (Å²) in [7, 11) is -1.46. The van der Waals surface area contributed by atoms with Gasteiger partial charge in [-0.3, -0.25) is 14.2 Å². The summed E-state index contributed by atoms with van der Waals surface area (Å²) >= 11 is 12.5. The summed E-state index contributed by atoms with van der Waals surface area (Å²) in [6.45, 7) is 1.47. The van der Waals surface area contributed by atoms with Gasteiger partial charge in [-0.05, 0) is 67.3 Å². The quantitative estimate of drug-likeness (QED) is 0.140. The molecule has 0 aromatic heterocycles. The van der Waals surface area contributed by atoms with E-state index < -0.39 is 7.60 Å². The molecule has 0 fully saturated rings. The number of unbranched alkanes of at least 4 members (excludes halogenated alkanes) is 6. The van der Waals surface area contributed by atoms with Gasteiger partial charge in [0.2, 0.25) is 5.91 Å². The normalized spacial score (nSPS) is 18.0. The lowest BCUT2D eigenvalue weighted by atomic mass is 9.76. The van der Waals surface area contributed by atoms with Crippen molar-refractivity contribution in [2.45, 2.75) is 95.4 Å². The third-order valence-corrected chi connectivity index (χ3v) is 9.34. The number of nitrogens with zero attached hydrogens (tertiary/aromatic N) is 1. The summed E-state index contributed by atoms with van der Waals surface area (Å²) in [5.74, 6) is 0.688. The van der Waals surface area contributed by atoms with Gasteiger partial charge in [-0.15, -0.1) is 0 Å². The minimum atomic E-state index is -3.38. The fraction of sp³-hybridized carbons (Fsp3) is 0.562. The number of hydrogen-bond donors (Lipinski definition) is 1. The van der Waals surface area contributed by atoms with Crippen LogP contribution in [0.15, 0.2) is 42.5 Å². The van der Waals surface area contributed by atoms with Crippen LogP contribution in [-0.4, -0.2) is 41.8 Å². The van der Waals surface area contributed by atoms with Crippen molar-refractivity contribution in [1.82, 2.24) is 4.90 Å². The Hall–Kier alpha value is -1.69. The Morgan fingerprint density at radius 1 is 0.878 bits per heavy atom. The van der Waals surface area contributed by atoms with E-state index in [9.17, 15) is 14.2 Å². The molecule has 1 aliphatic rings. The molecule has 0 radical (unpaired) electrons. The molecular formula is C32H44Cl2NO5P. The SMILES string of the molecule is CN(C(=O)CCCCCCC(=O)CCCCCCOP(C)(=O)O)[C@H]1CC[C@@H](c2ccc(Cl)c(Cl)c2)c2ccccc21. The van der Waals surface area contributed by atoms with Crippen molar-refractivity contribution in [2.75, 3.05) is 20.3 Å². The molecule has 3 rings (SSSR count). The van der Waals surface area contributed by atoms with Crippen molar-refractivity contribution in [3.05, 3.63) is 69.2 Å². The van der Waals surface area contributed by atoms with Crippen LogP contribution in [0, 0.1) is 0 Å². The first-order valence-corrected chi connectivity index (χ1v) is 17.6. The highest BCUT2D eigenvalue weighted by molar-refractivity contribution is 7.51. The molecule has 41 heavy (non-hydrogen) atoms. The van der Waals surface area contributed by atoms with Crippen LogP contribution in [0.5, 0.6) is 0 Å². The Labute approximate surface area is 255 Å². The van der Waals surface area contributed by atoms with Gasteiger partial charge in [0.1, 0.15) is 5.78 Å². The third kappa shape index (κ3) is 11.1. The average Bonchev–Trinajstić information content (AvgIpc) is 2.94. The number of benzene rings is 2. The van der Waals surface area contributed by atoms with Gasteiger partial charge >= 0.3 is 7.60 Å². The maximum absolute atomic E-state index is 13.1. The zero-order chi connectivity index (χ0) is 29.8. The molecule has 0 saturated heterocycles. The topological polar surface area (TPSA) is 83.9 Å². The lowest BCUT2D eigenvalue weighted by Gasteiger charge is -2.37. The van der Waals surface area contributed by atoms with Gasteiger partial charge in [0, 0.05) is 38.9 Å². The summed E-state index contributed by atoms with van der Waals surface area (Å²) in [5.41, 5.74) is 3.60. The number of fused-ring (bicyclic) bond motifs is 1. The smallest absolute Gasteiger partial charge is 0.325 e. The second-order valence-electron chi connectivity index (χ2n) is 11.2. The van der Waals surface area contributed by atoms with Crippen LogP contribution in [0.25, 0.3) is 0 Å². The van der Waals surface area contributed by atoms with E-state index in [4.69, 9.17) is 32.6 Å². The molecule has 0 spiro atoms. The first-order chi connectivity index (χ1) is 19.6.